The highest BCUT2D eigenvalue weighted by molar-refractivity contribution is 6.32. The second-order valence-corrected chi connectivity index (χ2v) is 4.27. The van der Waals surface area contributed by atoms with Gasteiger partial charge in [-0.1, -0.05) is 17.7 Å². The minimum Gasteiger partial charge on any atom is -0.433 e. The number of aliphatic hydroxyl groups is 1. The van der Waals surface area contributed by atoms with Crippen molar-refractivity contribution in [2.75, 3.05) is 20.3 Å². The smallest absolute Gasteiger partial charge is 0.387 e. The summed E-state index contributed by atoms with van der Waals surface area (Å²) in [6.07, 6.45) is 0. The average molecular weight is 296 g/mol. The normalized spacial score (nSPS) is 12.7. The molecule has 4 nitrogen and oxygen atoms in total. The third kappa shape index (κ3) is 5.69. The monoisotopic (exact) mass is 295 g/mol. The van der Waals surface area contributed by atoms with Crippen LogP contribution < -0.4 is 10.1 Å². The minimum atomic E-state index is -2.90. The quantitative estimate of drug-likeness (QED) is 0.770. The van der Waals surface area contributed by atoms with E-state index in [2.05, 4.69) is 10.1 Å². The molecular weight excluding hydrogens is 280 g/mol. The number of methoxy groups -OCH3 is 1. The number of rotatable bonds is 8. The maximum atomic E-state index is 12.1. The fraction of sp³-hybridized carbons (Fsp3) is 0.500. The predicted molar refractivity (Wildman–Crippen MR) is 67.7 cm³/mol. The summed E-state index contributed by atoms with van der Waals surface area (Å²) >= 11 is 5.82. The summed E-state index contributed by atoms with van der Waals surface area (Å²) in [5.74, 6) is -0.0592. The first-order chi connectivity index (χ1) is 9.06. The van der Waals surface area contributed by atoms with E-state index in [0.717, 1.165) is 5.56 Å². The lowest BCUT2D eigenvalue weighted by Gasteiger charge is -2.15. The van der Waals surface area contributed by atoms with Gasteiger partial charge in [0.15, 0.2) is 0 Å². The van der Waals surface area contributed by atoms with E-state index in [4.69, 9.17) is 21.4 Å². The number of ether oxygens (including phenoxy) is 2. The Morgan fingerprint density at radius 3 is 2.68 bits per heavy atom. The van der Waals surface area contributed by atoms with Crippen LogP contribution in [0.2, 0.25) is 5.02 Å². The highest BCUT2D eigenvalue weighted by atomic mass is 35.5. The van der Waals surface area contributed by atoms with Gasteiger partial charge in [-0.25, -0.2) is 0 Å². The molecule has 1 aromatic rings. The Morgan fingerprint density at radius 1 is 1.42 bits per heavy atom. The molecule has 0 bridgehead atoms. The average Bonchev–Trinajstić information content (AvgIpc) is 2.37. The largest absolute Gasteiger partial charge is 0.433 e. The van der Waals surface area contributed by atoms with Crippen molar-refractivity contribution in [3.63, 3.8) is 0 Å². The molecule has 1 rings (SSSR count). The van der Waals surface area contributed by atoms with Gasteiger partial charge in [-0.05, 0) is 17.7 Å². The SMILES string of the molecule is COC[C@H](CO)NCc1ccc(OC(F)F)c(Cl)c1. The van der Waals surface area contributed by atoms with Crippen molar-refractivity contribution in [2.45, 2.75) is 19.2 Å². The number of halogens is 3. The van der Waals surface area contributed by atoms with Crippen LogP contribution in [0.15, 0.2) is 18.2 Å². The molecule has 1 atom stereocenters. The fourth-order valence-electron chi connectivity index (χ4n) is 1.49. The molecule has 0 unspecified atom stereocenters. The summed E-state index contributed by atoms with van der Waals surface area (Å²) in [4.78, 5) is 0. The molecule has 0 aromatic heterocycles. The molecule has 0 spiro atoms. The summed E-state index contributed by atoms with van der Waals surface area (Å²) in [7, 11) is 1.54. The zero-order chi connectivity index (χ0) is 14.3. The van der Waals surface area contributed by atoms with Gasteiger partial charge in [0.25, 0.3) is 0 Å². The molecule has 0 saturated heterocycles. The van der Waals surface area contributed by atoms with Crippen LogP contribution in [0.4, 0.5) is 8.78 Å². The van der Waals surface area contributed by atoms with Crippen LogP contribution in [-0.2, 0) is 11.3 Å². The van der Waals surface area contributed by atoms with E-state index in [1.165, 1.54) is 19.2 Å². The summed E-state index contributed by atoms with van der Waals surface area (Å²) in [6, 6.07) is 4.35. The van der Waals surface area contributed by atoms with Gasteiger partial charge in [0.05, 0.1) is 24.3 Å². The van der Waals surface area contributed by atoms with Crippen LogP contribution in [0, 0.1) is 0 Å². The van der Waals surface area contributed by atoms with Gasteiger partial charge < -0.3 is 19.9 Å². The first-order valence-electron chi connectivity index (χ1n) is 5.63. The Kier molecular flexibility index (Phi) is 7.01. The summed E-state index contributed by atoms with van der Waals surface area (Å²) in [5, 5.41) is 12.2. The Labute approximate surface area is 115 Å². The first kappa shape index (κ1) is 16.1. The van der Waals surface area contributed by atoms with Gasteiger partial charge >= 0.3 is 6.61 Å². The molecule has 1 aromatic carbocycles. The van der Waals surface area contributed by atoms with E-state index in [0.29, 0.717) is 13.2 Å². The molecule has 108 valence electrons. The van der Waals surface area contributed by atoms with Gasteiger partial charge in [-0.15, -0.1) is 0 Å². The highest BCUT2D eigenvalue weighted by Crippen LogP contribution is 2.26. The van der Waals surface area contributed by atoms with E-state index in [9.17, 15) is 8.78 Å². The van der Waals surface area contributed by atoms with Gasteiger partial charge in [0.2, 0.25) is 0 Å². The van der Waals surface area contributed by atoms with Crippen molar-refractivity contribution in [2.24, 2.45) is 0 Å². The zero-order valence-electron chi connectivity index (χ0n) is 10.4. The minimum absolute atomic E-state index is 0.0592. The molecule has 0 heterocycles. The molecule has 7 heteroatoms. The van der Waals surface area contributed by atoms with Crippen LogP contribution in [-0.4, -0.2) is 38.1 Å². The number of hydrogen-bond donors (Lipinski definition) is 2. The van der Waals surface area contributed by atoms with E-state index in [1.807, 2.05) is 0 Å². The van der Waals surface area contributed by atoms with Gasteiger partial charge in [-0.2, -0.15) is 8.78 Å². The molecule has 0 radical (unpaired) electrons. The Bertz CT molecular complexity index is 393. The number of nitrogens with one attached hydrogen (secondary N) is 1. The van der Waals surface area contributed by atoms with Crippen LogP contribution >= 0.6 is 11.6 Å². The number of hydrogen-bond acceptors (Lipinski definition) is 4. The molecule has 0 aliphatic rings. The lowest BCUT2D eigenvalue weighted by atomic mass is 10.2. The van der Waals surface area contributed by atoms with Crippen molar-refractivity contribution in [1.29, 1.82) is 0 Å². The van der Waals surface area contributed by atoms with Crippen LogP contribution in [0.3, 0.4) is 0 Å². The van der Waals surface area contributed by atoms with Crippen LogP contribution in [0.5, 0.6) is 5.75 Å². The molecule has 2 N–H and O–H groups in total. The number of aliphatic hydroxyl groups excluding tert-OH is 1. The molecule has 0 saturated carbocycles. The molecule has 0 amide bonds. The molecule has 0 aliphatic heterocycles. The van der Waals surface area contributed by atoms with Crippen molar-refractivity contribution in [3.8, 4) is 5.75 Å². The molecule has 0 fully saturated rings. The Morgan fingerprint density at radius 2 is 2.16 bits per heavy atom. The highest BCUT2D eigenvalue weighted by Gasteiger charge is 2.10. The third-order valence-corrected chi connectivity index (χ3v) is 2.69. The Balaban J connectivity index is 2.58. The molecule has 19 heavy (non-hydrogen) atoms. The summed E-state index contributed by atoms with van der Waals surface area (Å²) in [5.41, 5.74) is 0.793. The molecular formula is C12H16ClF2NO3. The predicted octanol–water partition coefficient (Wildman–Crippen LogP) is 2.04. The lowest BCUT2D eigenvalue weighted by Crippen LogP contribution is -2.35. The van der Waals surface area contributed by atoms with E-state index in [-0.39, 0.29) is 23.4 Å². The van der Waals surface area contributed by atoms with E-state index >= 15 is 0 Å². The maximum Gasteiger partial charge on any atom is 0.387 e. The number of benzene rings is 1. The second kappa shape index (κ2) is 8.27. The fourth-order valence-corrected chi connectivity index (χ4v) is 1.73. The van der Waals surface area contributed by atoms with Crippen LogP contribution in [0.1, 0.15) is 5.56 Å². The molecule has 0 aliphatic carbocycles. The van der Waals surface area contributed by atoms with E-state index < -0.39 is 6.61 Å². The van der Waals surface area contributed by atoms with Gasteiger partial charge in [0.1, 0.15) is 5.75 Å². The first-order valence-corrected chi connectivity index (χ1v) is 6.01. The second-order valence-electron chi connectivity index (χ2n) is 3.86. The van der Waals surface area contributed by atoms with Crippen molar-refractivity contribution >= 4 is 11.6 Å². The van der Waals surface area contributed by atoms with E-state index in [1.54, 1.807) is 6.07 Å². The third-order valence-electron chi connectivity index (χ3n) is 2.40. The zero-order valence-corrected chi connectivity index (χ0v) is 11.2. The van der Waals surface area contributed by atoms with Crippen molar-refractivity contribution in [3.05, 3.63) is 28.8 Å². The van der Waals surface area contributed by atoms with Crippen LogP contribution in [0.25, 0.3) is 0 Å². The summed E-state index contributed by atoms with van der Waals surface area (Å²) < 4.78 is 33.3. The van der Waals surface area contributed by atoms with Crippen molar-refractivity contribution in [1.82, 2.24) is 5.32 Å². The van der Waals surface area contributed by atoms with Crippen molar-refractivity contribution < 1.29 is 23.4 Å². The lowest BCUT2D eigenvalue weighted by molar-refractivity contribution is -0.0497. The Hall–Kier alpha value is -0.950. The topological polar surface area (TPSA) is 50.7 Å². The summed E-state index contributed by atoms with van der Waals surface area (Å²) in [6.45, 7) is -2.16. The number of alkyl halides is 2. The van der Waals surface area contributed by atoms with Gasteiger partial charge in [-0.3, -0.25) is 0 Å². The maximum absolute atomic E-state index is 12.1. The standard InChI is InChI=1S/C12H16ClF2NO3/c1-18-7-9(6-17)16-5-8-2-3-11(10(13)4-8)19-12(14)15/h2-4,9,12,16-17H,5-7H2,1H3/t9-/m0/s1. The van der Waals surface area contributed by atoms with Gasteiger partial charge in [0, 0.05) is 13.7 Å².